The SMILES string of the molecule is CNC(c1cc(C)c(Cl)s1)C1OCCC1C. The van der Waals surface area contributed by atoms with Gasteiger partial charge in [-0.2, -0.15) is 0 Å². The molecular formula is C12H18ClNOS. The topological polar surface area (TPSA) is 21.3 Å². The van der Waals surface area contributed by atoms with Gasteiger partial charge in [0.15, 0.2) is 0 Å². The zero-order valence-corrected chi connectivity index (χ0v) is 11.5. The van der Waals surface area contributed by atoms with E-state index in [1.807, 2.05) is 14.0 Å². The van der Waals surface area contributed by atoms with E-state index in [0.29, 0.717) is 5.92 Å². The molecule has 4 heteroatoms. The molecule has 2 nitrogen and oxygen atoms in total. The molecule has 90 valence electrons. The van der Waals surface area contributed by atoms with Crippen LogP contribution in [0, 0.1) is 12.8 Å². The zero-order valence-electron chi connectivity index (χ0n) is 9.92. The summed E-state index contributed by atoms with van der Waals surface area (Å²) in [6, 6.07) is 2.44. The highest BCUT2D eigenvalue weighted by Crippen LogP contribution is 2.37. The fourth-order valence-corrected chi connectivity index (χ4v) is 3.61. The molecule has 1 saturated heterocycles. The molecule has 0 radical (unpaired) electrons. The van der Waals surface area contributed by atoms with Gasteiger partial charge in [0.05, 0.1) is 16.5 Å². The summed E-state index contributed by atoms with van der Waals surface area (Å²) in [7, 11) is 1.99. The summed E-state index contributed by atoms with van der Waals surface area (Å²) in [5.74, 6) is 0.610. The molecule has 2 heterocycles. The van der Waals surface area contributed by atoms with Crippen molar-refractivity contribution in [2.75, 3.05) is 13.7 Å². The number of aryl methyl sites for hydroxylation is 1. The molecule has 0 amide bonds. The van der Waals surface area contributed by atoms with Crippen molar-refractivity contribution in [3.05, 3.63) is 20.8 Å². The Labute approximate surface area is 106 Å². The Morgan fingerprint density at radius 2 is 2.38 bits per heavy atom. The maximum atomic E-state index is 6.12. The first-order chi connectivity index (χ1) is 7.63. The van der Waals surface area contributed by atoms with Crippen LogP contribution >= 0.6 is 22.9 Å². The summed E-state index contributed by atoms with van der Waals surface area (Å²) in [6.07, 6.45) is 1.43. The molecule has 0 aliphatic carbocycles. The van der Waals surface area contributed by atoms with E-state index in [1.165, 1.54) is 4.88 Å². The van der Waals surface area contributed by atoms with Gasteiger partial charge in [-0.1, -0.05) is 18.5 Å². The Morgan fingerprint density at radius 1 is 1.62 bits per heavy atom. The first-order valence-corrected chi connectivity index (χ1v) is 6.87. The van der Waals surface area contributed by atoms with E-state index in [9.17, 15) is 0 Å². The van der Waals surface area contributed by atoms with Gasteiger partial charge < -0.3 is 10.1 Å². The number of halogens is 1. The average molecular weight is 260 g/mol. The molecular weight excluding hydrogens is 242 g/mol. The highest BCUT2D eigenvalue weighted by molar-refractivity contribution is 7.16. The van der Waals surface area contributed by atoms with Gasteiger partial charge in [0.25, 0.3) is 0 Å². The molecule has 0 spiro atoms. The molecule has 1 aliphatic heterocycles. The van der Waals surface area contributed by atoms with E-state index in [2.05, 4.69) is 18.3 Å². The van der Waals surface area contributed by atoms with E-state index in [1.54, 1.807) is 11.3 Å². The van der Waals surface area contributed by atoms with Crippen LogP contribution in [0.2, 0.25) is 4.34 Å². The number of hydrogen-bond acceptors (Lipinski definition) is 3. The van der Waals surface area contributed by atoms with Crippen molar-refractivity contribution in [2.45, 2.75) is 32.4 Å². The number of hydrogen-bond donors (Lipinski definition) is 1. The van der Waals surface area contributed by atoms with Crippen molar-refractivity contribution >= 4 is 22.9 Å². The smallest absolute Gasteiger partial charge is 0.0960 e. The quantitative estimate of drug-likeness (QED) is 0.899. The highest BCUT2D eigenvalue weighted by atomic mass is 35.5. The second-order valence-electron chi connectivity index (χ2n) is 4.47. The molecule has 0 aromatic carbocycles. The zero-order chi connectivity index (χ0) is 11.7. The van der Waals surface area contributed by atoms with Crippen molar-refractivity contribution < 1.29 is 4.74 Å². The van der Waals surface area contributed by atoms with Crippen LogP contribution in [0.5, 0.6) is 0 Å². The Balaban J connectivity index is 2.21. The fraction of sp³-hybridized carbons (Fsp3) is 0.667. The van der Waals surface area contributed by atoms with Crippen LogP contribution in [-0.4, -0.2) is 19.8 Å². The third-order valence-corrected chi connectivity index (χ3v) is 4.90. The number of likely N-dealkylation sites (N-methyl/N-ethyl adjacent to an activating group) is 1. The molecule has 1 fully saturated rings. The number of thiophene rings is 1. The molecule has 16 heavy (non-hydrogen) atoms. The van der Waals surface area contributed by atoms with Crippen molar-refractivity contribution in [2.24, 2.45) is 5.92 Å². The van der Waals surface area contributed by atoms with Crippen LogP contribution in [0.3, 0.4) is 0 Å². The number of nitrogens with one attached hydrogen (secondary N) is 1. The van der Waals surface area contributed by atoms with Crippen LogP contribution in [0.15, 0.2) is 6.07 Å². The molecule has 0 bridgehead atoms. The molecule has 1 aromatic heterocycles. The Kier molecular flexibility index (Phi) is 3.90. The Hall–Kier alpha value is -0.0900. The molecule has 1 aliphatic rings. The van der Waals surface area contributed by atoms with Gasteiger partial charge in [0.1, 0.15) is 0 Å². The lowest BCUT2D eigenvalue weighted by molar-refractivity contribution is 0.0641. The predicted octanol–water partition coefficient (Wildman–Crippen LogP) is 3.40. The first kappa shape index (κ1) is 12.4. The Morgan fingerprint density at radius 3 is 2.81 bits per heavy atom. The minimum absolute atomic E-state index is 0.272. The standard InChI is InChI=1S/C12H18ClNOS/c1-7-4-5-15-11(7)10(14-3)9-6-8(2)12(13)16-9/h6-7,10-11,14H,4-5H2,1-3H3. The van der Waals surface area contributed by atoms with Gasteiger partial charge in [-0.3, -0.25) is 0 Å². The maximum Gasteiger partial charge on any atom is 0.0960 e. The highest BCUT2D eigenvalue weighted by Gasteiger charge is 2.33. The maximum absolute atomic E-state index is 6.12. The minimum Gasteiger partial charge on any atom is -0.376 e. The molecule has 1 N–H and O–H groups in total. The van der Waals surface area contributed by atoms with Crippen LogP contribution in [0.25, 0.3) is 0 Å². The summed E-state index contributed by atoms with van der Waals surface area (Å²) in [4.78, 5) is 1.28. The van der Waals surface area contributed by atoms with E-state index in [-0.39, 0.29) is 12.1 Å². The molecule has 1 aromatic rings. The summed E-state index contributed by atoms with van der Waals surface area (Å²) in [5, 5.41) is 3.36. The lowest BCUT2D eigenvalue weighted by Gasteiger charge is -2.24. The Bertz CT molecular complexity index is 346. The predicted molar refractivity (Wildman–Crippen MR) is 69.4 cm³/mol. The normalized spacial score (nSPS) is 27.2. The van der Waals surface area contributed by atoms with Crippen molar-refractivity contribution in [1.29, 1.82) is 0 Å². The van der Waals surface area contributed by atoms with E-state index >= 15 is 0 Å². The van der Waals surface area contributed by atoms with Crippen molar-refractivity contribution in [3.8, 4) is 0 Å². The third kappa shape index (κ3) is 2.28. The lowest BCUT2D eigenvalue weighted by Crippen LogP contribution is -2.31. The average Bonchev–Trinajstić information content (AvgIpc) is 2.78. The third-order valence-electron chi connectivity index (χ3n) is 3.27. The summed E-state index contributed by atoms with van der Waals surface area (Å²) in [6.45, 7) is 5.18. The van der Waals surface area contributed by atoms with Crippen LogP contribution < -0.4 is 5.32 Å². The van der Waals surface area contributed by atoms with Crippen molar-refractivity contribution in [3.63, 3.8) is 0 Å². The fourth-order valence-electron chi connectivity index (χ4n) is 2.25. The molecule has 3 unspecified atom stereocenters. The second kappa shape index (κ2) is 5.05. The van der Waals surface area contributed by atoms with E-state index in [4.69, 9.17) is 16.3 Å². The van der Waals surface area contributed by atoms with Crippen molar-refractivity contribution in [1.82, 2.24) is 5.32 Å². The van der Waals surface area contributed by atoms with Crippen LogP contribution in [-0.2, 0) is 4.74 Å². The number of ether oxygens (including phenoxy) is 1. The van der Waals surface area contributed by atoms with Gasteiger partial charge in [0, 0.05) is 11.5 Å². The largest absolute Gasteiger partial charge is 0.376 e. The number of rotatable bonds is 3. The van der Waals surface area contributed by atoms with Gasteiger partial charge in [0.2, 0.25) is 0 Å². The summed E-state index contributed by atoms with van der Waals surface area (Å²) < 4.78 is 6.71. The van der Waals surface area contributed by atoms with Gasteiger partial charge in [-0.25, -0.2) is 0 Å². The van der Waals surface area contributed by atoms with E-state index < -0.39 is 0 Å². The van der Waals surface area contributed by atoms with Crippen LogP contribution in [0.1, 0.15) is 29.8 Å². The molecule has 2 rings (SSSR count). The monoisotopic (exact) mass is 259 g/mol. The van der Waals surface area contributed by atoms with Gasteiger partial charge in [-0.05, 0) is 37.9 Å². The van der Waals surface area contributed by atoms with Crippen LogP contribution in [0.4, 0.5) is 0 Å². The van der Waals surface area contributed by atoms with Gasteiger partial charge >= 0.3 is 0 Å². The molecule has 0 saturated carbocycles. The first-order valence-electron chi connectivity index (χ1n) is 5.68. The summed E-state index contributed by atoms with van der Waals surface area (Å²) in [5.41, 5.74) is 1.16. The second-order valence-corrected chi connectivity index (χ2v) is 6.16. The van der Waals surface area contributed by atoms with Gasteiger partial charge in [-0.15, -0.1) is 11.3 Å². The van der Waals surface area contributed by atoms with E-state index in [0.717, 1.165) is 22.9 Å². The molecule has 3 atom stereocenters. The lowest BCUT2D eigenvalue weighted by atomic mass is 9.96. The summed E-state index contributed by atoms with van der Waals surface area (Å²) >= 11 is 7.78. The minimum atomic E-state index is 0.272.